The van der Waals surface area contributed by atoms with E-state index in [0.717, 1.165) is 76.2 Å². The molecular weight excluding hydrogens is 368 g/mol. The highest BCUT2D eigenvalue weighted by molar-refractivity contribution is 5.39. The number of likely N-dealkylation sites (tertiary alicyclic amines) is 1. The van der Waals surface area contributed by atoms with Crippen LogP contribution in [0.3, 0.4) is 0 Å². The summed E-state index contributed by atoms with van der Waals surface area (Å²) in [6.45, 7) is 7.48. The van der Waals surface area contributed by atoms with Crippen molar-refractivity contribution in [1.29, 1.82) is 0 Å². The second-order valence-corrected chi connectivity index (χ2v) is 8.23. The van der Waals surface area contributed by atoms with E-state index in [1.807, 2.05) is 18.3 Å². The SMILES string of the molecule is COc1ccc(CN2CCC3(COCc4cnc(N5CCOCC5)nc43)C2)cc1. The number of morpholine rings is 1. The molecule has 0 radical (unpaired) electrons. The van der Waals surface area contributed by atoms with E-state index in [9.17, 15) is 0 Å². The Bertz CT molecular complexity index is 854. The monoisotopic (exact) mass is 396 g/mol. The van der Waals surface area contributed by atoms with Gasteiger partial charge in [-0.25, -0.2) is 9.97 Å². The van der Waals surface area contributed by atoms with Crippen molar-refractivity contribution in [3.63, 3.8) is 0 Å². The van der Waals surface area contributed by atoms with Gasteiger partial charge in [0.1, 0.15) is 5.75 Å². The maximum Gasteiger partial charge on any atom is 0.225 e. The van der Waals surface area contributed by atoms with Gasteiger partial charge in [0.15, 0.2) is 0 Å². The van der Waals surface area contributed by atoms with E-state index in [1.54, 1.807) is 7.11 Å². The highest BCUT2D eigenvalue weighted by atomic mass is 16.5. The van der Waals surface area contributed by atoms with Gasteiger partial charge < -0.3 is 19.1 Å². The van der Waals surface area contributed by atoms with Gasteiger partial charge >= 0.3 is 0 Å². The molecule has 1 aromatic heterocycles. The summed E-state index contributed by atoms with van der Waals surface area (Å²) in [5, 5.41) is 0. The Morgan fingerprint density at radius 3 is 2.72 bits per heavy atom. The molecule has 1 unspecified atom stereocenters. The minimum absolute atomic E-state index is 0.0377. The van der Waals surface area contributed by atoms with Gasteiger partial charge in [-0.15, -0.1) is 0 Å². The van der Waals surface area contributed by atoms with Gasteiger partial charge in [-0.1, -0.05) is 12.1 Å². The van der Waals surface area contributed by atoms with Crippen LogP contribution in [0.1, 0.15) is 23.2 Å². The molecule has 0 saturated carbocycles. The number of hydrogen-bond acceptors (Lipinski definition) is 7. The van der Waals surface area contributed by atoms with Crippen molar-refractivity contribution < 1.29 is 14.2 Å². The van der Waals surface area contributed by atoms with Crippen LogP contribution in [0.5, 0.6) is 5.75 Å². The summed E-state index contributed by atoms with van der Waals surface area (Å²) >= 11 is 0. The summed E-state index contributed by atoms with van der Waals surface area (Å²) in [4.78, 5) is 14.4. The van der Waals surface area contributed by atoms with Crippen LogP contribution in [0.15, 0.2) is 30.5 Å². The van der Waals surface area contributed by atoms with Crippen LogP contribution in [0, 0.1) is 0 Å². The van der Waals surface area contributed by atoms with E-state index in [0.29, 0.717) is 6.61 Å². The zero-order valence-electron chi connectivity index (χ0n) is 17.0. The molecule has 29 heavy (non-hydrogen) atoms. The van der Waals surface area contributed by atoms with Gasteiger partial charge in [-0.3, -0.25) is 4.90 Å². The summed E-state index contributed by atoms with van der Waals surface area (Å²) in [6.07, 6.45) is 3.04. The molecule has 0 aliphatic carbocycles. The van der Waals surface area contributed by atoms with Gasteiger partial charge in [0.2, 0.25) is 5.95 Å². The minimum atomic E-state index is -0.0377. The number of benzene rings is 1. The third-order valence-electron chi connectivity index (χ3n) is 6.28. The third kappa shape index (κ3) is 3.70. The fourth-order valence-corrected chi connectivity index (χ4v) is 4.70. The van der Waals surface area contributed by atoms with Gasteiger partial charge in [-0.2, -0.15) is 0 Å². The largest absolute Gasteiger partial charge is 0.497 e. The Morgan fingerprint density at radius 1 is 1.10 bits per heavy atom. The van der Waals surface area contributed by atoms with Gasteiger partial charge in [0.05, 0.1) is 44.6 Å². The van der Waals surface area contributed by atoms with Crippen molar-refractivity contribution in [2.45, 2.75) is 25.0 Å². The van der Waals surface area contributed by atoms with E-state index in [4.69, 9.17) is 19.2 Å². The predicted octanol–water partition coefficient (Wildman–Crippen LogP) is 2.00. The summed E-state index contributed by atoms with van der Waals surface area (Å²) in [6, 6.07) is 8.35. The van der Waals surface area contributed by atoms with Crippen molar-refractivity contribution in [2.24, 2.45) is 0 Å². The molecule has 0 N–H and O–H groups in total. The molecular formula is C22H28N4O3. The number of methoxy groups -OCH3 is 1. The number of nitrogens with zero attached hydrogens (tertiary/aromatic N) is 4. The zero-order valence-corrected chi connectivity index (χ0v) is 17.0. The van der Waals surface area contributed by atoms with Crippen LogP contribution in [-0.4, -0.2) is 68.0 Å². The van der Waals surface area contributed by atoms with Crippen LogP contribution >= 0.6 is 0 Å². The summed E-state index contributed by atoms with van der Waals surface area (Å²) in [5.41, 5.74) is 3.60. The maximum atomic E-state index is 5.99. The van der Waals surface area contributed by atoms with E-state index in [-0.39, 0.29) is 5.41 Å². The smallest absolute Gasteiger partial charge is 0.225 e. The lowest BCUT2D eigenvalue weighted by Gasteiger charge is -2.35. The lowest BCUT2D eigenvalue weighted by atomic mass is 9.80. The minimum Gasteiger partial charge on any atom is -0.497 e. The Labute approximate surface area is 171 Å². The molecule has 154 valence electrons. The lowest BCUT2D eigenvalue weighted by Crippen LogP contribution is -2.42. The Hall–Kier alpha value is -2.22. The summed E-state index contributed by atoms with van der Waals surface area (Å²) in [7, 11) is 1.70. The third-order valence-corrected chi connectivity index (χ3v) is 6.28. The topological polar surface area (TPSA) is 60.0 Å². The molecule has 0 bridgehead atoms. The Balaban J connectivity index is 1.36. The average molecular weight is 396 g/mol. The maximum absolute atomic E-state index is 5.99. The standard InChI is InChI=1S/C22H28N4O3/c1-27-19-4-2-17(3-5-19)13-25-7-6-22(15-25)16-29-14-18-12-23-21(24-20(18)22)26-8-10-28-11-9-26/h2-5,12H,6-11,13-16H2,1H3. The van der Waals surface area contributed by atoms with Crippen molar-refractivity contribution in [1.82, 2.24) is 14.9 Å². The molecule has 5 rings (SSSR count). The number of anilines is 1. The molecule has 4 heterocycles. The van der Waals surface area contributed by atoms with Crippen LogP contribution in [0.4, 0.5) is 5.95 Å². The molecule has 2 saturated heterocycles. The fourth-order valence-electron chi connectivity index (χ4n) is 4.70. The molecule has 3 aliphatic heterocycles. The number of fused-ring (bicyclic) bond motifs is 2. The second kappa shape index (κ2) is 7.89. The quantitative estimate of drug-likeness (QED) is 0.783. The Kier molecular flexibility index (Phi) is 5.11. The van der Waals surface area contributed by atoms with Crippen molar-refractivity contribution in [3.8, 4) is 5.75 Å². The highest BCUT2D eigenvalue weighted by Crippen LogP contribution is 2.40. The molecule has 1 spiro atoms. The Morgan fingerprint density at radius 2 is 1.93 bits per heavy atom. The van der Waals surface area contributed by atoms with E-state index in [2.05, 4.69) is 26.9 Å². The molecule has 1 atom stereocenters. The normalized spacial score (nSPS) is 24.7. The molecule has 2 aromatic rings. The molecule has 2 fully saturated rings. The first-order valence-corrected chi connectivity index (χ1v) is 10.4. The number of ether oxygens (including phenoxy) is 3. The first-order chi connectivity index (χ1) is 14.3. The highest BCUT2D eigenvalue weighted by Gasteiger charge is 2.45. The first kappa shape index (κ1) is 18.8. The molecule has 7 nitrogen and oxygen atoms in total. The molecule has 0 amide bonds. The van der Waals surface area contributed by atoms with Crippen LogP contribution in [0.2, 0.25) is 0 Å². The first-order valence-electron chi connectivity index (χ1n) is 10.4. The molecule has 3 aliphatic rings. The van der Waals surface area contributed by atoms with E-state index < -0.39 is 0 Å². The second-order valence-electron chi connectivity index (χ2n) is 8.23. The van der Waals surface area contributed by atoms with E-state index in [1.165, 1.54) is 11.3 Å². The van der Waals surface area contributed by atoms with E-state index >= 15 is 0 Å². The van der Waals surface area contributed by atoms with Crippen LogP contribution in [0.25, 0.3) is 0 Å². The van der Waals surface area contributed by atoms with Gasteiger partial charge in [0, 0.05) is 37.9 Å². The molecule has 1 aromatic carbocycles. The zero-order chi connectivity index (χ0) is 19.7. The molecule has 7 heteroatoms. The van der Waals surface area contributed by atoms with Crippen LogP contribution < -0.4 is 9.64 Å². The van der Waals surface area contributed by atoms with Crippen molar-refractivity contribution in [2.75, 3.05) is 58.0 Å². The average Bonchev–Trinajstić information content (AvgIpc) is 3.18. The van der Waals surface area contributed by atoms with Crippen molar-refractivity contribution >= 4 is 5.95 Å². The number of aromatic nitrogens is 2. The predicted molar refractivity (Wildman–Crippen MR) is 109 cm³/mol. The van der Waals surface area contributed by atoms with Crippen LogP contribution in [-0.2, 0) is 28.0 Å². The van der Waals surface area contributed by atoms with Gasteiger partial charge in [0.25, 0.3) is 0 Å². The summed E-state index contributed by atoms with van der Waals surface area (Å²) in [5.74, 6) is 1.73. The van der Waals surface area contributed by atoms with Crippen molar-refractivity contribution in [3.05, 3.63) is 47.3 Å². The fraction of sp³-hybridized carbons (Fsp3) is 0.545. The lowest BCUT2D eigenvalue weighted by molar-refractivity contribution is 0.0502. The number of hydrogen-bond donors (Lipinski definition) is 0. The number of rotatable bonds is 4. The summed E-state index contributed by atoms with van der Waals surface area (Å²) < 4.78 is 16.7. The van der Waals surface area contributed by atoms with Gasteiger partial charge in [-0.05, 0) is 30.7 Å².